The number of nitrogens with zero attached hydrogens (tertiary/aromatic N) is 2. The molecule has 0 fully saturated rings. The van der Waals surface area contributed by atoms with Crippen LogP contribution in [0.3, 0.4) is 0 Å². The van der Waals surface area contributed by atoms with Crippen molar-refractivity contribution in [2.45, 2.75) is 64.1 Å². The number of anilines is 1. The van der Waals surface area contributed by atoms with Gasteiger partial charge in [-0.25, -0.2) is 8.42 Å². The van der Waals surface area contributed by atoms with Crippen molar-refractivity contribution in [1.82, 2.24) is 10.2 Å². The average molecular weight is 691 g/mol. The third kappa shape index (κ3) is 9.05. The molecule has 45 heavy (non-hydrogen) atoms. The van der Waals surface area contributed by atoms with Gasteiger partial charge in [0.15, 0.2) is 0 Å². The summed E-state index contributed by atoms with van der Waals surface area (Å²) in [6, 6.07) is 29.8. The first kappa shape index (κ1) is 33.9. The lowest BCUT2D eigenvalue weighted by Crippen LogP contribution is -2.56. The fourth-order valence-corrected chi connectivity index (χ4v) is 6.73. The minimum Gasteiger partial charge on any atom is -0.350 e. The molecule has 4 rings (SSSR count). The topological polar surface area (TPSA) is 86.8 Å². The zero-order chi connectivity index (χ0) is 32.8. The highest BCUT2D eigenvalue weighted by atomic mass is 79.9. The Morgan fingerprint density at radius 2 is 1.40 bits per heavy atom. The monoisotopic (exact) mass is 689 g/mol. The van der Waals surface area contributed by atoms with Gasteiger partial charge in [-0.3, -0.25) is 13.9 Å². The molecular weight excluding hydrogens is 650 g/mol. The van der Waals surface area contributed by atoms with E-state index in [1.165, 1.54) is 4.90 Å². The normalized spacial score (nSPS) is 12.3. The van der Waals surface area contributed by atoms with Crippen LogP contribution in [0.4, 0.5) is 5.69 Å². The highest BCUT2D eigenvalue weighted by Crippen LogP contribution is 2.28. The summed E-state index contributed by atoms with van der Waals surface area (Å²) in [5.74, 6) is -0.817. The van der Waals surface area contributed by atoms with Crippen molar-refractivity contribution < 1.29 is 18.0 Å². The maximum absolute atomic E-state index is 14.6. The van der Waals surface area contributed by atoms with Gasteiger partial charge in [0, 0.05) is 23.0 Å². The Hall–Kier alpha value is -3.95. The second-order valence-electron chi connectivity index (χ2n) is 12.2. The SMILES string of the molecule is Cc1ccc(S(=O)(=O)N(CC(=O)N(Cc2ccc(Br)cc2)[C@H](Cc2ccccc2)C(=O)NC(C)(C)C)c2ccccc2C)cc1. The van der Waals surface area contributed by atoms with E-state index < -0.39 is 34.1 Å². The van der Waals surface area contributed by atoms with E-state index in [0.29, 0.717) is 11.3 Å². The van der Waals surface area contributed by atoms with E-state index in [1.54, 1.807) is 36.4 Å². The molecule has 0 spiro atoms. The molecular formula is C36H40BrN3O4S. The minimum absolute atomic E-state index is 0.0786. The van der Waals surface area contributed by atoms with Crippen LogP contribution in [-0.2, 0) is 32.6 Å². The van der Waals surface area contributed by atoms with Gasteiger partial charge in [-0.15, -0.1) is 0 Å². The average Bonchev–Trinajstić information content (AvgIpc) is 2.99. The van der Waals surface area contributed by atoms with Crippen LogP contribution < -0.4 is 9.62 Å². The Kier molecular flexibility index (Phi) is 10.9. The fraction of sp³-hybridized carbons (Fsp3) is 0.278. The van der Waals surface area contributed by atoms with E-state index in [2.05, 4.69) is 21.2 Å². The second kappa shape index (κ2) is 14.4. The van der Waals surface area contributed by atoms with Crippen molar-refractivity contribution in [3.05, 3.63) is 130 Å². The van der Waals surface area contributed by atoms with E-state index >= 15 is 0 Å². The summed E-state index contributed by atoms with van der Waals surface area (Å²) < 4.78 is 30.4. The van der Waals surface area contributed by atoms with Crippen molar-refractivity contribution >= 4 is 43.5 Å². The van der Waals surface area contributed by atoms with E-state index in [9.17, 15) is 18.0 Å². The number of amides is 2. The number of rotatable bonds is 11. The fourth-order valence-electron chi connectivity index (χ4n) is 4.99. The molecule has 0 saturated carbocycles. The quantitative estimate of drug-likeness (QED) is 0.187. The molecule has 4 aromatic carbocycles. The lowest BCUT2D eigenvalue weighted by atomic mass is 10.0. The highest BCUT2D eigenvalue weighted by molar-refractivity contribution is 9.10. The van der Waals surface area contributed by atoms with Crippen molar-refractivity contribution in [3.8, 4) is 0 Å². The number of carbonyl (C=O) groups excluding carboxylic acids is 2. The number of aryl methyl sites for hydroxylation is 2. The Morgan fingerprint density at radius 1 is 0.800 bits per heavy atom. The molecule has 0 aliphatic rings. The molecule has 0 radical (unpaired) electrons. The number of hydrogen-bond donors (Lipinski definition) is 1. The highest BCUT2D eigenvalue weighted by Gasteiger charge is 2.36. The lowest BCUT2D eigenvalue weighted by molar-refractivity contribution is -0.140. The van der Waals surface area contributed by atoms with Gasteiger partial charge >= 0.3 is 0 Å². The van der Waals surface area contributed by atoms with E-state index in [0.717, 1.165) is 25.5 Å². The van der Waals surface area contributed by atoms with Gasteiger partial charge in [0.05, 0.1) is 10.6 Å². The van der Waals surface area contributed by atoms with Gasteiger partial charge in [-0.1, -0.05) is 94.3 Å². The molecule has 236 valence electrons. The Labute approximate surface area is 275 Å². The maximum Gasteiger partial charge on any atom is 0.264 e. The van der Waals surface area contributed by atoms with Crippen LogP contribution in [0.25, 0.3) is 0 Å². The smallest absolute Gasteiger partial charge is 0.264 e. The Bertz CT molecular complexity index is 1720. The van der Waals surface area contributed by atoms with E-state index in [1.807, 2.05) is 101 Å². The maximum atomic E-state index is 14.6. The molecule has 7 nitrogen and oxygen atoms in total. The van der Waals surface area contributed by atoms with Crippen LogP contribution in [-0.4, -0.2) is 43.3 Å². The zero-order valence-corrected chi connectivity index (χ0v) is 28.7. The Balaban J connectivity index is 1.82. The zero-order valence-electron chi connectivity index (χ0n) is 26.3. The lowest BCUT2D eigenvalue weighted by Gasteiger charge is -2.35. The molecule has 0 heterocycles. The molecule has 0 saturated heterocycles. The summed E-state index contributed by atoms with van der Waals surface area (Å²) in [5, 5.41) is 3.05. The number of halogens is 1. The minimum atomic E-state index is -4.15. The number of sulfonamides is 1. The van der Waals surface area contributed by atoms with E-state index in [-0.39, 0.29) is 23.8 Å². The molecule has 0 bridgehead atoms. The standard InChI is InChI=1S/C36H40BrN3O4S/c1-26-15-21-31(22-16-26)45(43,44)40(32-14-10-9-11-27(32)2)25-34(41)39(24-29-17-19-30(37)20-18-29)33(35(42)38-36(3,4)5)23-28-12-7-6-8-13-28/h6-22,33H,23-25H2,1-5H3,(H,38,42)/t33-/m1/s1. The molecule has 0 unspecified atom stereocenters. The molecule has 0 aliphatic carbocycles. The largest absolute Gasteiger partial charge is 0.350 e. The molecule has 0 aromatic heterocycles. The van der Waals surface area contributed by atoms with Crippen LogP contribution in [0, 0.1) is 13.8 Å². The first-order valence-electron chi connectivity index (χ1n) is 14.8. The number of benzene rings is 4. The molecule has 0 aliphatic heterocycles. The van der Waals surface area contributed by atoms with Crippen molar-refractivity contribution in [2.75, 3.05) is 10.8 Å². The summed E-state index contributed by atoms with van der Waals surface area (Å²) in [7, 11) is -4.15. The number of carbonyl (C=O) groups is 2. The van der Waals surface area contributed by atoms with Crippen molar-refractivity contribution in [3.63, 3.8) is 0 Å². The first-order chi connectivity index (χ1) is 21.2. The number of para-hydroxylation sites is 1. The van der Waals surface area contributed by atoms with Crippen LogP contribution in [0.2, 0.25) is 0 Å². The van der Waals surface area contributed by atoms with Crippen LogP contribution in [0.5, 0.6) is 0 Å². The van der Waals surface area contributed by atoms with Gasteiger partial charge in [0.1, 0.15) is 12.6 Å². The summed E-state index contributed by atoms with van der Waals surface area (Å²) in [4.78, 5) is 30.1. The summed E-state index contributed by atoms with van der Waals surface area (Å²) in [5.41, 5.74) is 3.14. The predicted octanol–water partition coefficient (Wildman–Crippen LogP) is 6.82. The van der Waals surface area contributed by atoms with Crippen molar-refractivity contribution in [1.29, 1.82) is 0 Å². The van der Waals surface area contributed by atoms with Gasteiger partial charge in [-0.05, 0) is 81.6 Å². The molecule has 4 aromatic rings. The second-order valence-corrected chi connectivity index (χ2v) is 15.0. The third-order valence-electron chi connectivity index (χ3n) is 7.31. The van der Waals surface area contributed by atoms with Crippen LogP contribution in [0.15, 0.2) is 112 Å². The van der Waals surface area contributed by atoms with Crippen LogP contribution in [0.1, 0.15) is 43.0 Å². The van der Waals surface area contributed by atoms with Gasteiger partial charge in [-0.2, -0.15) is 0 Å². The van der Waals surface area contributed by atoms with Crippen LogP contribution >= 0.6 is 15.9 Å². The van der Waals surface area contributed by atoms with E-state index in [4.69, 9.17) is 0 Å². The molecule has 1 atom stereocenters. The summed E-state index contributed by atoms with van der Waals surface area (Å²) >= 11 is 3.47. The van der Waals surface area contributed by atoms with Gasteiger partial charge in [0.25, 0.3) is 10.0 Å². The molecule has 1 N–H and O–H groups in total. The first-order valence-corrected chi connectivity index (χ1v) is 17.0. The molecule has 2 amide bonds. The molecule has 9 heteroatoms. The number of nitrogens with one attached hydrogen (secondary N) is 1. The number of hydrogen-bond acceptors (Lipinski definition) is 4. The van der Waals surface area contributed by atoms with Crippen molar-refractivity contribution in [2.24, 2.45) is 0 Å². The van der Waals surface area contributed by atoms with Gasteiger partial charge in [0.2, 0.25) is 11.8 Å². The van der Waals surface area contributed by atoms with Gasteiger partial charge < -0.3 is 10.2 Å². The summed E-state index contributed by atoms with van der Waals surface area (Å²) in [6.45, 7) is 8.97. The predicted molar refractivity (Wildman–Crippen MR) is 183 cm³/mol. The Morgan fingerprint density at radius 3 is 2.00 bits per heavy atom. The summed E-state index contributed by atoms with van der Waals surface area (Å²) in [6.07, 6.45) is 0.250. The third-order valence-corrected chi connectivity index (χ3v) is 9.61.